The van der Waals surface area contributed by atoms with E-state index in [9.17, 15) is 14.3 Å². The van der Waals surface area contributed by atoms with E-state index in [2.05, 4.69) is 22.0 Å². The molecular formula is C24H33FN4O2. The van der Waals surface area contributed by atoms with Crippen molar-refractivity contribution in [2.24, 2.45) is 0 Å². The smallest absolute Gasteiger partial charge is 0.229 e. The van der Waals surface area contributed by atoms with Gasteiger partial charge in [-0.15, -0.1) is 0 Å². The second-order valence-corrected chi connectivity index (χ2v) is 8.67. The number of halogens is 1. The molecule has 0 bridgehead atoms. The average Bonchev–Trinajstić information content (AvgIpc) is 2.77. The quantitative estimate of drug-likeness (QED) is 0.741. The largest absolute Gasteiger partial charge is 0.394 e. The summed E-state index contributed by atoms with van der Waals surface area (Å²) >= 11 is 0. The number of anilines is 1. The minimum absolute atomic E-state index is 0.0363. The highest BCUT2D eigenvalue weighted by Crippen LogP contribution is 2.37. The monoisotopic (exact) mass is 428 g/mol. The molecule has 1 saturated heterocycles. The zero-order valence-corrected chi connectivity index (χ0v) is 19.1. The first-order valence-corrected chi connectivity index (χ1v) is 10.8. The Kier molecular flexibility index (Phi) is 6.96. The Morgan fingerprint density at radius 1 is 1.29 bits per heavy atom. The molecule has 1 atom stereocenters. The van der Waals surface area contributed by atoms with Gasteiger partial charge in [-0.05, 0) is 67.8 Å². The lowest BCUT2D eigenvalue weighted by atomic mass is 9.79. The number of rotatable bonds is 6. The SMILES string of the molecule is CCN1CCN(c2cc(-c3ccc(F)cc3C)c(C(C)(C)C(=O)NC)cn2)C(CO)C1. The van der Waals surface area contributed by atoms with Gasteiger partial charge in [0.2, 0.25) is 5.91 Å². The predicted octanol–water partition coefficient (Wildman–Crippen LogP) is 2.72. The molecule has 2 aromatic rings. The molecule has 1 aliphatic heterocycles. The molecule has 0 radical (unpaired) electrons. The number of hydrogen-bond donors (Lipinski definition) is 2. The molecule has 7 heteroatoms. The number of piperazine rings is 1. The van der Waals surface area contributed by atoms with Crippen molar-refractivity contribution in [2.45, 2.75) is 39.2 Å². The molecule has 31 heavy (non-hydrogen) atoms. The number of aliphatic hydroxyl groups is 1. The summed E-state index contributed by atoms with van der Waals surface area (Å²) < 4.78 is 13.8. The van der Waals surface area contributed by atoms with E-state index >= 15 is 0 Å². The molecule has 2 heterocycles. The van der Waals surface area contributed by atoms with Gasteiger partial charge in [-0.2, -0.15) is 0 Å². The summed E-state index contributed by atoms with van der Waals surface area (Å²) in [5.41, 5.74) is 2.46. The Bertz CT molecular complexity index is 947. The number of carbonyl (C=O) groups excluding carboxylic acids is 1. The summed E-state index contributed by atoms with van der Waals surface area (Å²) in [5.74, 6) is 0.344. The fraction of sp³-hybridized carbons (Fsp3) is 0.500. The van der Waals surface area contributed by atoms with Crippen LogP contribution in [0.4, 0.5) is 10.2 Å². The molecule has 1 fully saturated rings. The van der Waals surface area contributed by atoms with Gasteiger partial charge < -0.3 is 15.3 Å². The summed E-state index contributed by atoms with van der Waals surface area (Å²) in [6.07, 6.45) is 1.75. The molecule has 1 aromatic carbocycles. The minimum atomic E-state index is -0.826. The van der Waals surface area contributed by atoms with E-state index in [1.807, 2.05) is 26.8 Å². The van der Waals surface area contributed by atoms with E-state index in [1.54, 1.807) is 19.3 Å². The third-order valence-corrected chi connectivity index (χ3v) is 6.36. The number of nitrogens with one attached hydrogen (secondary N) is 1. The standard InChI is InChI=1S/C24H33FN4O2/c1-6-28-9-10-29(18(14-28)15-30)22-12-20(19-8-7-17(25)11-16(19)2)21(13-27-22)24(3,4)23(31)26-5/h7-8,11-13,18,30H,6,9-10,14-15H2,1-5H3,(H,26,31). The van der Waals surface area contributed by atoms with Gasteiger partial charge in [0.15, 0.2) is 0 Å². The highest BCUT2D eigenvalue weighted by molar-refractivity contribution is 5.90. The van der Waals surface area contributed by atoms with Gasteiger partial charge in [-0.25, -0.2) is 9.37 Å². The van der Waals surface area contributed by atoms with Gasteiger partial charge in [0, 0.05) is 32.9 Å². The Balaban J connectivity index is 2.14. The van der Waals surface area contributed by atoms with Gasteiger partial charge in [-0.1, -0.05) is 13.0 Å². The molecule has 0 spiro atoms. The Morgan fingerprint density at radius 2 is 2.03 bits per heavy atom. The van der Waals surface area contributed by atoms with Crippen LogP contribution in [-0.4, -0.2) is 66.8 Å². The van der Waals surface area contributed by atoms with Gasteiger partial charge in [-0.3, -0.25) is 9.69 Å². The van der Waals surface area contributed by atoms with Crippen molar-refractivity contribution in [3.05, 3.63) is 47.4 Å². The van der Waals surface area contributed by atoms with Crippen LogP contribution in [0.3, 0.4) is 0 Å². The normalized spacial score (nSPS) is 17.6. The highest BCUT2D eigenvalue weighted by Gasteiger charge is 2.34. The second-order valence-electron chi connectivity index (χ2n) is 8.67. The van der Waals surface area contributed by atoms with Crippen molar-refractivity contribution < 1.29 is 14.3 Å². The number of carbonyl (C=O) groups is 1. The van der Waals surface area contributed by atoms with E-state index in [0.29, 0.717) is 0 Å². The van der Waals surface area contributed by atoms with E-state index in [-0.39, 0.29) is 24.4 Å². The summed E-state index contributed by atoms with van der Waals surface area (Å²) in [7, 11) is 1.62. The van der Waals surface area contributed by atoms with Gasteiger partial charge in [0.1, 0.15) is 11.6 Å². The zero-order chi connectivity index (χ0) is 22.8. The van der Waals surface area contributed by atoms with E-state index < -0.39 is 5.41 Å². The number of aryl methyl sites for hydroxylation is 1. The maximum atomic E-state index is 13.8. The van der Waals surface area contributed by atoms with E-state index in [4.69, 9.17) is 4.98 Å². The van der Waals surface area contributed by atoms with E-state index in [0.717, 1.165) is 54.3 Å². The molecule has 1 aliphatic rings. The van der Waals surface area contributed by atoms with Crippen LogP contribution in [-0.2, 0) is 10.2 Å². The predicted molar refractivity (Wildman–Crippen MR) is 122 cm³/mol. The molecule has 1 unspecified atom stereocenters. The van der Waals surface area contributed by atoms with Gasteiger partial charge in [0.25, 0.3) is 0 Å². The number of aliphatic hydroxyl groups excluding tert-OH is 1. The lowest BCUT2D eigenvalue weighted by molar-refractivity contribution is -0.125. The highest BCUT2D eigenvalue weighted by atomic mass is 19.1. The Labute approximate surface area is 184 Å². The summed E-state index contributed by atoms with van der Waals surface area (Å²) in [4.78, 5) is 21.8. The third-order valence-electron chi connectivity index (χ3n) is 6.36. The first-order chi connectivity index (χ1) is 14.7. The Morgan fingerprint density at radius 3 is 2.65 bits per heavy atom. The van der Waals surface area contributed by atoms with Crippen molar-refractivity contribution in [1.29, 1.82) is 0 Å². The molecule has 1 aromatic heterocycles. The van der Waals surface area contributed by atoms with Crippen molar-refractivity contribution in [3.63, 3.8) is 0 Å². The average molecular weight is 429 g/mol. The lowest BCUT2D eigenvalue weighted by Crippen LogP contribution is -2.55. The number of hydrogen-bond acceptors (Lipinski definition) is 5. The van der Waals surface area contributed by atoms with Crippen LogP contribution >= 0.6 is 0 Å². The molecule has 0 aliphatic carbocycles. The molecule has 6 nitrogen and oxygen atoms in total. The molecular weight excluding hydrogens is 395 g/mol. The van der Waals surface area contributed by atoms with Crippen LogP contribution in [0.2, 0.25) is 0 Å². The second kappa shape index (κ2) is 9.32. The first kappa shape index (κ1) is 23.2. The Hall–Kier alpha value is -2.51. The number of aromatic nitrogens is 1. The number of pyridine rings is 1. The van der Waals surface area contributed by atoms with Crippen LogP contribution < -0.4 is 10.2 Å². The molecule has 3 rings (SSSR count). The zero-order valence-electron chi connectivity index (χ0n) is 19.1. The molecule has 2 N–H and O–H groups in total. The van der Waals surface area contributed by atoms with Crippen LogP contribution in [0, 0.1) is 12.7 Å². The van der Waals surface area contributed by atoms with Crippen LogP contribution in [0.25, 0.3) is 11.1 Å². The fourth-order valence-corrected chi connectivity index (χ4v) is 4.35. The number of amides is 1. The fourth-order valence-electron chi connectivity index (χ4n) is 4.35. The molecule has 168 valence electrons. The number of benzene rings is 1. The van der Waals surface area contributed by atoms with Crippen molar-refractivity contribution in [2.75, 3.05) is 44.7 Å². The molecule has 0 saturated carbocycles. The number of likely N-dealkylation sites (N-methyl/N-ethyl adjacent to an activating group) is 2. The van der Waals surface area contributed by atoms with E-state index in [1.165, 1.54) is 12.1 Å². The number of nitrogens with zero attached hydrogens (tertiary/aromatic N) is 3. The van der Waals surface area contributed by atoms with Crippen molar-refractivity contribution in [3.8, 4) is 11.1 Å². The summed E-state index contributed by atoms with van der Waals surface area (Å²) in [5, 5.41) is 12.7. The van der Waals surface area contributed by atoms with Crippen LogP contribution in [0.5, 0.6) is 0 Å². The maximum absolute atomic E-state index is 13.8. The summed E-state index contributed by atoms with van der Waals surface area (Å²) in [6, 6.07) is 6.62. The maximum Gasteiger partial charge on any atom is 0.229 e. The molecule has 1 amide bonds. The van der Waals surface area contributed by atoms with Crippen LogP contribution in [0.1, 0.15) is 31.9 Å². The lowest BCUT2D eigenvalue weighted by Gasteiger charge is -2.41. The first-order valence-electron chi connectivity index (χ1n) is 10.8. The third kappa shape index (κ3) is 4.57. The van der Waals surface area contributed by atoms with Gasteiger partial charge in [0.05, 0.1) is 18.1 Å². The van der Waals surface area contributed by atoms with Crippen molar-refractivity contribution >= 4 is 11.7 Å². The van der Waals surface area contributed by atoms with Crippen molar-refractivity contribution in [1.82, 2.24) is 15.2 Å². The van der Waals surface area contributed by atoms with Gasteiger partial charge >= 0.3 is 0 Å². The topological polar surface area (TPSA) is 68.7 Å². The van der Waals surface area contributed by atoms with Crippen LogP contribution in [0.15, 0.2) is 30.5 Å². The minimum Gasteiger partial charge on any atom is -0.394 e. The summed E-state index contributed by atoms with van der Waals surface area (Å²) in [6.45, 7) is 11.1.